The van der Waals surface area contributed by atoms with Crippen molar-refractivity contribution in [3.8, 4) is 17.2 Å². The number of nitrogens with one attached hydrogen (secondary N) is 3. The van der Waals surface area contributed by atoms with Crippen molar-refractivity contribution in [3.63, 3.8) is 0 Å². The maximum atomic E-state index is 12.0. The van der Waals surface area contributed by atoms with Gasteiger partial charge in [0.25, 0.3) is 0 Å². The van der Waals surface area contributed by atoms with E-state index >= 15 is 0 Å². The molecule has 0 atom stereocenters. The number of hydrogen-bond acceptors (Lipinski definition) is 9. The monoisotopic (exact) mass is 1560 g/mol. The largest absolute Gasteiger partial charge is 0.493 e. The number of imidazole rings is 1. The Morgan fingerprint density at radius 2 is 0.730 bits per heavy atom. The molecule has 0 spiro atoms. The second kappa shape index (κ2) is 61.4. The number of aliphatic imine (C=N–C) groups is 2. The van der Waals surface area contributed by atoms with E-state index in [2.05, 4.69) is 437 Å². The fourth-order valence-corrected chi connectivity index (χ4v) is 9.14. The number of aromatic nitrogens is 2. The molecule has 3 aromatic carbocycles. The first kappa shape index (κ1) is 92.3. The molecule has 0 fully saturated rings. The number of ether oxygens (including phenoxy) is 3. The highest BCUT2D eigenvalue weighted by Gasteiger charge is 2.21. The Hall–Kier alpha value is -20.3. The third-order valence-corrected chi connectivity index (χ3v) is 13.9. The molecule has 0 saturated heterocycles. The van der Waals surface area contributed by atoms with E-state index in [0.29, 0.717) is 13.2 Å². The predicted octanol–water partition coefficient (Wildman–Crippen LogP) is 20.1. The number of allylic oxidation sites excluding steroid dienone is 4. The molecule has 0 aliphatic carbocycles. The number of urea groups is 1. The van der Waals surface area contributed by atoms with E-state index < -0.39 is 0 Å². The zero-order chi connectivity index (χ0) is 85.4. The van der Waals surface area contributed by atoms with E-state index in [1.165, 1.54) is 22.3 Å². The summed E-state index contributed by atoms with van der Waals surface area (Å²) in [6.45, 7) is 14.3. The summed E-state index contributed by atoms with van der Waals surface area (Å²) in [6.07, 6.45) is 22.5. The Balaban J connectivity index is 0.000000347. The lowest BCUT2D eigenvalue weighted by molar-refractivity contribution is 0.248. The molecule has 12 heteroatoms. The number of carbonyl (C=O) groups excluding carboxylic acids is 1. The van der Waals surface area contributed by atoms with Gasteiger partial charge in [-0.15, -0.1) is 0 Å². The van der Waals surface area contributed by atoms with Gasteiger partial charge in [-0.25, -0.2) is 9.78 Å². The van der Waals surface area contributed by atoms with Crippen molar-refractivity contribution in [1.29, 1.82) is 0 Å². The highest BCUT2D eigenvalue weighted by atomic mass is 16.5. The summed E-state index contributed by atoms with van der Waals surface area (Å²) in [5, 5.41) is 6.01. The number of aromatic amines is 1. The van der Waals surface area contributed by atoms with Crippen LogP contribution in [0.15, 0.2) is 470 Å². The molecule has 9 rings (SSSR count). The van der Waals surface area contributed by atoms with Gasteiger partial charge >= 0.3 is 6.03 Å². The zero-order valence-corrected chi connectivity index (χ0v) is 65.4. The minimum absolute atomic E-state index is 0. The quantitative estimate of drug-likeness (QED) is 0.106. The third-order valence-electron chi connectivity index (χ3n) is 13.9. The summed E-state index contributed by atoms with van der Waals surface area (Å²) in [7, 11) is 1.64. The molecule has 0 unspecified atom stereocenters. The van der Waals surface area contributed by atoms with Crippen LogP contribution < -0.4 is 35.5 Å². The van der Waals surface area contributed by atoms with Gasteiger partial charge in [0.15, 0.2) is 0 Å². The standard InChI is InChI=1S/C62H4.C17H20N4O2.C16H18N2O.C14H14N2O.CH4/c1-3-5-7-9-11-13-15-17-19-21-23-25-27-29-31-33-35-37-39-41-43-45-47-49-51-53-55-57-59-61-62-60-58-56-54-52-50-48-46-44-42-40-38-36-34-32-30-28-26-24-22-20-18-16-14-12-10-8-6-4-2;1-3-21(17(22)18-2)14-4-5-16-15(9-14)12(6-7-23-16)8-13-10-19-11-20-13;1-2-17-14-5-6-16-15(11-14)12(7-9-19-16)10-13-4-3-8-18-13;15-11-3-4-14-13(9-11)10(5-7-17-14)8-12-2-1-6-16-12;/h1-2H2;4-5,8-11H,3,6-7H2,1-2H3,(H,18,22)(H,19,20);4-6,8,10-11,17H,2-3,7,9H2,1H3;2-4,6,8-9H,1,5,7,15H2;1H4/b;12-8+;12-10+;10-8+;. The van der Waals surface area contributed by atoms with E-state index in [-0.39, 0.29) is 13.5 Å². The molecule has 0 bridgehead atoms. The highest BCUT2D eigenvalue weighted by molar-refractivity contribution is 5.94. The van der Waals surface area contributed by atoms with Crippen LogP contribution >= 0.6 is 0 Å². The average molecular weight is 1560 g/mol. The van der Waals surface area contributed by atoms with Crippen molar-refractivity contribution in [2.45, 2.75) is 53.4 Å². The summed E-state index contributed by atoms with van der Waals surface area (Å²) < 4.78 is 17.1. The smallest absolute Gasteiger partial charge is 0.321 e. The van der Waals surface area contributed by atoms with E-state index in [1.54, 1.807) is 24.5 Å². The Kier molecular flexibility index (Phi) is 46.5. The summed E-state index contributed by atoms with van der Waals surface area (Å²) in [4.78, 5) is 29.5. The van der Waals surface area contributed by atoms with Gasteiger partial charge in [0, 0.05) is 339 Å². The number of nitrogen functional groups attached to an aromatic ring is 1. The molecule has 4 aromatic rings. The normalized spacial score (nSPS) is 10.6. The van der Waals surface area contributed by atoms with E-state index in [0.717, 1.165) is 114 Å². The van der Waals surface area contributed by atoms with Gasteiger partial charge in [-0.2, -0.15) is 0 Å². The number of H-pyrrole nitrogens is 1. The van der Waals surface area contributed by atoms with Crippen LogP contribution in [0.25, 0.3) is 22.8 Å². The number of anilines is 3. The first-order valence-electron chi connectivity index (χ1n) is 35.7. The molecule has 12 nitrogen and oxygen atoms in total. The minimum atomic E-state index is -0.122. The number of fused-ring (bicyclic) bond motifs is 3. The van der Waals surface area contributed by atoms with Gasteiger partial charge in [0.05, 0.1) is 49.4 Å². The number of benzene rings is 3. The Labute approximate surface area is 706 Å². The van der Waals surface area contributed by atoms with Crippen LogP contribution in [0.1, 0.15) is 75.8 Å². The second-order valence-electron chi connectivity index (χ2n) is 21.7. The maximum absolute atomic E-state index is 12.0. The molecule has 0 radical (unpaired) electrons. The molecule has 122 heavy (non-hydrogen) atoms. The van der Waals surface area contributed by atoms with Crippen LogP contribution in [0.2, 0.25) is 0 Å². The molecular weight excluding hydrogens is 1500 g/mol. The summed E-state index contributed by atoms with van der Waals surface area (Å²) in [5.74, 6) is 2.74. The number of nitrogens with zero attached hydrogens (tertiary/aromatic N) is 4. The van der Waals surface area contributed by atoms with Crippen LogP contribution in [-0.2, 0) is 0 Å². The second-order valence-corrected chi connectivity index (χ2v) is 21.7. The molecule has 0 saturated carbocycles. The van der Waals surface area contributed by atoms with Crippen LogP contribution in [0.4, 0.5) is 21.9 Å². The molecule has 2 amide bonds. The van der Waals surface area contributed by atoms with E-state index in [1.807, 2.05) is 61.8 Å². The molecular formula is C110H60N8O4. The lowest BCUT2D eigenvalue weighted by Crippen LogP contribution is -2.38. The topological polar surface area (TPSA) is 151 Å². The van der Waals surface area contributed by atoms with Crippen LogP contribution in [0.3, 0.4) is 0 Å². The number of nitrogens with two attached hydrogens (primary N) is 1. The van der Waals surface area contributed by atoms with Gasteiger partial charge in [-0.05, 0) is 208 Å². The van der Waals surface area contributed by atoms with Crippen molar-refractivity contribution in [2.75, 3.05) is 55.9 Å². The van der Waals surface area contributed by atoms with Crippen molar-refractivity contribution in [1.82, 2.24) is 15.3 Å². The Morgan fingerprint density at radius 1 is 0.426 bits per heavy atom. The number of hydrogen-bond donors (Lipinski definition) is 4. The zero-order valence-electron chi connectivity index (χ0n) is 65.4. The maximum Gasteiger partial charge on any atom is 0.321 e. The summed E-state index contributed by atoms with van der Waals surface area (Å²) in [6, 6.07) is 17.8. The molecule has 5 aliphatic heterocycles. The molecule has 5 N–H and O–H groups in total. The first-order chi connectivity index (χ1) is 59.8. The highest BCUT2D eigenvalue weighted by Crippen LogP contribution is 2.39. The van der Waals surface area contributed by atoms with E-state index in [9.17, 15) is 4.79 Å². The molecule has 5 aliphatic rings. The van der Waals surface area contributed by atoms with Crippen LogP contribution in [0.5, 0.6) is 17.2 Å². The molecule has 6 heterocycles. The lowest BCUT2D eigenvalue weighted by atomic mass is 9.98. The van der Waals surface area contributed by atoms with Crippen LogP contribution in [0, 0.1) is 0 Å². The van der Waals surface area contributed by atoms with Gasteiger partial charge in [-0.1, -0.05) is 31.0 Å². The lowest BCUT2D eigenvalue weighted by Gasteiger charge is -2.25. The van der Waals surface area contributed by atoms with Crippen molar-refractivity contribution in [2.24, 2.45) is 9.98 Å². The Morgan fingerprint density at radius 3 is 1.02 bits per heavy atom. The number of rotatable bonds is 7. The average Bonchev–Trinajstić information content (AvgIpc) is 0.994. The number of amides is 2. The van der Waals surface area contributed by atoms with E-state index in [4.69, 9.17) is 19.9 Å². The SMILES string of the molecule is C.C=C=C=C=C=C=C=C=C=C=C=C=C=C=C=C=C=C=C=C=C=C=C=C=C=C=C=C=C=C=C=C=C=C=C=C=C=C=C=C=C=C=C=C=C=C=C=C=C=C=C=C=C=C=C=C=C=C=C=C=C=C.CCN(C(=O)NC)c1ccc2c(c1)/C(=C/c1cnc[nH]1)CCO2.CCNc1ccc2c(c1)/C(=C/C1=CCC=N1)CCO2.Nc1ccc2c(c1)/C(=C/C1=CCC=N1)CCO2. The van der Waals surface area contributed by atoms with Gasteiger partial charge in [-0.3, -0.25) is 14.9 Å². The van der Waals surface area contributed by atoms with Gasteiger partial charge in [0.1, 0.15) is 17.2 Å². The predicted molar refractivity (Wildman–Crippen MR) is 469 cm³/mol. The molecule has 1 aromatic heterocycles. The van der Waals surface area contributed by atoms with Gasteiger partial charge in [0.2, 0.25) is 0 Å². The van der Waals surface area contributed by atoms with Crippen molar-refractivity contribution < 1.29 is 19.0 Å². The van der Waals surface area contributed by atoms with Crippen molar-refractivity contribution in [3.05, 3.63) is 482 Å². The van der Waals surface area contributed by atoms with Gasteiger partial charge < -0.3 is 35.6 Å². The fourth-order valence-electron chi connectivity index (χ4n) is 9.14. The summed E-state index contributed by atoms with van der Waals surface area (Å²) in [5.41, 5.74) is 168. The number of carbonyl (C=O) groups is 1. The molecule has 564 valence electrons. The summed E-state index contributed by atoms with van der Waals surface area (Å²) >= 11 is 0. The fraction of sp³-hybridized carbons (Fsp3) is 0.127. The van der Waals surface area contributed by atoms with Crippen molar-refractivity contribution >= 4 is 58.3 Å². The third kappa shape index (κ3) is 40.1. The Bertz CT molecular complexity index is 7410. The first-order valence-corrected chi connectivity index (χ1v) is 35.7. The minimum Gasteiger partial charge on any atom is -0.493 e. The van der Waals surface area contributed by atoms with Crippen LogP contribution in [-0.4, -0.2) is 68.4 Å².